The first-order valence-corrected chi connectivity index (χ1v) is 17.1. The number of aliphatic hydroxyl groups is 4. The maximum absolute atomic E-state index is 12.4. The van der Waals surface area contributed by atoms with Crippen molar-refractivity contribution in [3.8, 4) is 0 Å². The van der Waals surface area contributed by atoms with E-state index in [-0.39, 0.29) is 0 Å². The summed E-state index contributed by atoms with van der Waals surface area (Å²) < 4.78 is 0. The summed E-state index contributed by atoms with van der Waals surface area (Å²) in [6.07, 6.45) is 28.2. The van der Waals surface area contributed by atoms with Crippen LogP contribution in [0.15, 0.2) is 12.2 Å². The van der Waals surface area contributed by atoms with Crippen LogP contribution in [0.1, 0.15) is 168 Å². The van der Waals surface area contributed by atoms with Crippen molar-refractivity contribution >= 4 is 5.91 Å². The lowest BCUT2D eigenvalue weighted by atomic mass is 10.0. The predicted molar refractivity (Wildman–Crippen MR) is 168 cm³/mol. The summed E-state index contributed by atoms with van der Waals surface area (Å²) >= 11 is 0. The number of aliphatic hydroxyl groups excluding tert-OH is 4. The molecule has 0 rings (SSSR count). The first-order chi connectivity index (χ1) is 19.5. The standard InChI is InChI=1S/C34H67NO5/c1-3-5-7-9-11-13-15-17-19-21-23-25-27-31(37)33(39)30(29-36)35-34(40)32(38)28-26-24-22-20-18-16-14-12-10-8-6-4-2/h25,27,30-33,36-39H,3-24,26,28-29H2,1-2H3,(H,35,40)/b27-25+/t30-,31+,32-,33+/m1/s1. The van der Waals surface area contributed by atoms with Crippen molar-refractivity contribution in [3.63, 3.8) is 0 Å². The molecule has 0 heterocycles. The van der Waals surface area contributed by atoms with Crippen LogP contribution in [0, 0.1) is 0 Å². The summed E-state index contributed by atoms with van der Waals surface area (Å²) in [5.41, 5.74) is 0. The van der Waals surface area contributed by atoms with E-state index < -0.39 is 36.9 Å². The number of amides is 1. The molecule has 0 radical (unpaired) electrons. The number of carbonyl (C=O) groups is 1. The second kappa shape index (κ2) is 29.5. The van der Waals surface area contributed by atoms with Crippen LogP contribution in [-0.2, 0) is 4.79 Å². The Morgan fingerprint density at radius 3 is 1.45 bits per heavy atom. The van der Waals surface area contributed by atoms with Crippen molar-refractivity contribution < 1.29 is 25.2 Å². The van der Waals surface area contributed by atoms with Gasteiger partial charge >= 0.3 is 0 Å². The third-order valence-corrected chi connectivity index (χ3v) is 7.98. The minimum Gasteiger partial charge on any atom is -0.394 e. The Balaban J connectivity index is 3.92. The second-order valence-electron chi connectivity index (χ2n) is 11.9. The number of rotatable bonds is 30. The minimum absolute atomic E-state index is 0.360. The van der Waals surface area contributed by atoms with E-state index in [9.17, 15) is 25.2 Å². The summed E-state index contributed by atoms with van der Waals surface area (Å²) in [6, 6.07) is -1.03. The zero-order valence-corrected chi connectivity index (χ0v) is 26.3. The van der Waals surface area contributed by atoms with Crippen molar-refractivity contribution in [2.24, 2.45) is 0 Å². The van der Waals surface area contributed by atoms with Gasteiger partial charge in [0.05, 0.1) is 12.6 Å². The van der Waals surface area contributed by atoms with Crippen LogP contribution in [0.3, 0.4) is 0 Å². The molecule has 0 fully saturated rings. The van der Waals surface area contributed by atoms with E-state index in [0.29, 0.717) is 6.42 Å². The number of unbranched alkanes of at least 4 members (excludes halogenated alkanes) is 21. The van der Waals surface area contributed by atoms with Gasteiger partial charge in [0, 0.05) is 0 Å². The molecule has 0 aromatic heterocycles. The quantitative estimate of drug-likeness (QED) is 0.0454. The second-order valence-corrected chi connectivity index (χ2v) is 11.9. The summed E-state index contributed by atoms with van der Waals surface area (Å²) in [5.74, 6) is -0.609. The van der Waals surface area contributed by atoms with Crippen LogP contribution in [0.5, 0.6) is 0 Å². The average molecular weight is 570 g/mol. The molecule has 6 heteroatoms. The van der Waals surface area contributed by atoms with Crippen molar-refractivity contribution in [1.82, 2.24) is 5.32 Å². The molecular formula is C34H67NO5. The fraction of sp³-hybridized carbons (Fsp3) is 0.912. The first-order valence-electron chi connectivity index (χ1n) is 17.1. The van der Waals surface area contributed by atoms with Gasteiger partial charge in [-0.15, -0.1) is 0 Å². The third-order valence-electron chi connectivity index (χ3n) is 7.98. The van der Waals surface area contributed by atoms with Gasteiger partial charge in [0.25, 0.3) is 0 Å². The molecule has 40 heavy (non-hydrogen) atoms. The van der Waals surface area contributed by atoms with Crippen LogP contribution in [0.2, 0.25) is 0 Å². The van der Waals surface area contributed by atoms with Gasteiger partial charge in [0.15, 0.2) is 0 Å². The third kappa shape index (κ3) is 23.7. The van der Waals surface area contributed by atoms with E-state index in [4.69, 9.17) is 0 Å². The van der Waals surface area contributed by atoms with E-state index in [1.165, 1.54) is 115 Å². The number of carbonyl (C=O) groups excluding carboxylic acids is 1. The zero-order valence-electron chi connectivity index (χ0n) is 26.3. The molecule has 0 saturated carbocycles. The van der Waals surface area contributed by atoms with E-state index in [0.717, 1.165) is 38.5 Å². The van der Waals surface area contributed by atoms with Crippen molar-refractivity contribution in [2.75, 3.05) is 6.61 Å². The van der Waals surface area contributed by atoms with Crippen LogP contribution >= 0.6 is 0 Å². The van der Waals surface area contributed by atoms with Crippen molar-refractivity contribution in [2.45, 2.75) is 192 Å². The van der Waals surface area contributed by atoms with Gasteiger partial charge in [-0.2, -0.15) is 0 Å². The zero-order chi connectivity index (χ0) is 29.7. The highest BCUT2D eigenvalue weighted by Gasteiger charge is 2.27. The fourth-order valence-electron chi connectivity index (χ4n) is 5.16. The molecule has 0 unspecified atom stereocenters. The number of hydrogen-bond acceptors (Lipinski definition) is 5. The monoisotopic (exact) mass is 570 g/mol. The highest BCUT2D eigenvalue weighted by molar-refractivity contribution is 5.80. The minimum atomic E-state index is -1.34. The van der Waals surface area contributed by atoms with E-state index in [1.807, 2.05) is 6.08 Å². The Kier molecular flexibility index (Phi) is 28.8. The average Bonchev–Trinajstić information content (AvgIpc) is 2.96. The summed E-state index contributed by atoms with van der Waals surface area (Å²) in [4.78, 5) is 12.4. The summed E-state index contributed by atoms with van der Waals surface area (Å²) in [5, 5.41) is 43.1. The lowest BCUT2D eigenvalue weighted by molar-refractivity contribution is -0.132. The largest absolute Gasteiger partial charge is 0.394 e. The van der Waals surface area contributed by atoms with Gasteiger partial charge in [-0.3, -0.25) is 4.79 Å². The van der Waals surface area contributed by atoms with Gasteiger partial charge in [-0.25, -0.2) is 0 Å². The molecule has 0 aromatic rings. The van der Waals surface area contributed by atoms with Crippen molar-refractivity contribution in [3.05, 3.63) is 12.2 Å². The SMILES string of the molecule is CCCCCCCCCCCC/C=C/[C@H](O)[C@@H](O)[C@@H](CO)NC(=O)[C@H](O)CCCCCCCCCCCCCC. The smallest absolute Gasteiger partial charge is 0.249 e. The highest BCUT2D eigenvalue weighted by atomic mass is 16.3. The van der Waals surface area contributed by atoms with Crippen molar-refractivity contribution in [1.29, 1.82) is 0 Å². The first kappa shape index (κ1) is 39.0. The maximum atomic E-state index is 12.4. The Morgan fingerprint density at radius 2 is 1.02 bits per heavy atom. The summed E-state index contributed by atoms with van der Waals surface area (Å²) in [7, 11) is 0. The fourth-order valence-corrected chi connectivity index (χ4v) is 5.16. The molecule has 0 aromatic carbocycles. The molecular weight excluding hydrogens is 502 g/mol. The number of hydrogen-bond donors (Lipinski definition) is 5. The molecule has 0 aliphatic carbocycles. The molecule has 5 N–H and O–H groups in total. The molecule has 0 aliphatic heterocycles. The maximum Gasteiger partial charge on any atom is 0.249 e. The predicted octanol–water partition coefficient (Wildman–Crippen LogP) is 7.50. The molecule has 0 saturated heterocycles. The van der Waals surface area contributed by atoms with Gasteiger partial charge in [-0.1, -0.05) is 161 Å². The van der Waals surface area contributed by atoms with Gasteiger partial charge in [0.2, 0.25) is 5.91 Å². The van der Waals surface area contributed by atoms with Crippen LogP contribution in [0.25, 0.3) is 0 Å². The molecule has 4 atom stereocenters. The molecule has 0 spiro atoms. The van der Waals surface area contributed by atoms with Crippen LogP contribution in [-0.4, -0.2) is 57.3 Å². The lowest BCUT2D eigenvalue weighted by Crippen LogP contribution is -2.52. The topological polar surface area (TPSA) is 110 Å². The molecule has 1 amide bonds. The molecule has 6 nitrogen and oxygen atoms in total. The molecule has 0 aliphatic rings. The number of allylic oxidation sites excluding steroid dienone is 1. The number of nitrogens with one attached hydrogen (secondary N) is 1. The van der Waals surface area contributed by atoms with Crippen LogP contribution in [0.4, 0.5) is 0 Å². The highest BCUT2D eigenvalue weighted by Crippen LogP contribution is 2.14. The Labute approximate surface area is 247 Å². The van der Waals surface area contributed by atoms with E-state index >= 15 is 0 Å². The normalized spacial score (nSPS) is 14.8. The van der Waals surface area contributed by atoms with E-state index in [1.54, 1.807) is 0 Å². The Hall–Kier alpha value is -0.950. The van der Waals surface area contributed by atoms with Gasteiger partial charge < -0.3 is 25.7 Å². The Bertz CT molecular complexity index is 571. The van der Waals surface area contributed by atoms with Gasteiger partial charge in [-0.05, 0) is 19.3 Å². The molecule has 0 bridgehead atoms. The van der Waals surface area contributed by atoms with Crippen LogP contribution < -0.4 is 5.32 Å². The Morgan fingerprint density at radius 1 is 0.625 bits per heavy atom. The summed E-state index contributed by atoms with van der Waals surface area (Å²) in [6.45, 7) is 3.97. The van der Waals surface area contributed by atoms with Gasteiger partial charge in [0.1, 0.15) is 18.3 Å². The molecule has 238 valence electrons. The van der Waals surface area contributed by atoms with E-state index in [2.05, 4.69) is 19.2 Å². The lowest BCUT2D eigenvalue weighted by Gasteiger charge is -2.25.